The summed E-state index contributed by atoms with van der Waals surface area (Å²) in [5, 5.41) is 12.0. The SMILES string of the molecule is COCC(O)CNC(=O)Cc1ccc(OC)cc1. The predicted molar refractivity (Wildman–Crippen MR) is 67.6 cm³/mol. The largest absolute Gasteiger partial charge is 0.497 e. The van der Waals surface area contributed by atoms with Gasteiger partial charge >= 0.3 is 0 Å². The number of methoxy groups -OCH3 is 2. The molecule has 0 aliphatic carbocycles. The number of amides is 1. The highest BCUT2D eigenvalue weighted by atomic mass is 16.5. The number of nitrogens with one attached hydrogen (secondary N) is 1. The predicted octanol–water partition coefficient (Wildman–Crippen LogP) is 0.361. The van der Waals surface area contributed by atoms with Crippen molar-refractivity contribution in [2.75, 3.05) is 27.4 Å². The molecule has 1 aromatic carbocycles. The lowest BCUT2D eigenvalue weighted by molar-refractivity contribution is -0.121. The monoisotopic (exact) mass is 253 g/mol. The molecule has 0 saturated carbocycles. The summed E-state index contributed by atoms with van der Waals surface area (Å²) in [6.07, 6.45) is -0.390. The van der Waals surface area contributed by atoms with Crippen LogP contribution in [0, 0.1) is 0 Å². The Morgan fingerprint density at radius 1 is 1.33 bits per heavy atom. The van der Waals surface area contributed by atoms with Crippen LogP contribution in [0.25, 0.3) is 0 Å². The van der Waals surface area contributed by atoms with Crippen molar-refractivity contribution in [3.8, 4) is 5.75 Å². The molecule has 0 saturated heterocycles. The first-order chi connectivity index (χ1) is 8.65. The molecule has 1 unspecified atom stereocenters. The van der Waals surface area contributed by atoms with Gasteiger partial charge in [0.05, 0.1) is 26.2 Å². The fraction of sp³-hybridized carbons (Fsp3) is 0.462. The number of benzene rings is 1. The lowest BCUT2D eigenvalue weighted by Crippen LogP contribution is -2.35. The Morgan fingerprint density at radius 2 is 2.00 bits per heavy atom. The number of ether oxygens (including phenoxy) is 2. The van der Waals surface area contributed by atoms with Crippen molar-refractivity contribution in [1.29, 1.82) is 0 Å². The molecule has 0 aromatic heterocycles. The molecule has 1 amide bonds. The van der Waals surface area contributed by atoms with Gasteiger partial charge in [-0.1, -0.05) is 12.1 Å². The van der Waals surface area contributed by atoms with Crippen LogP contribution in [-0.4, -0.2) is 44.5 Å². The molecule has 100 valence electrons. The standard InChI is InChI=1S/C13H19NO4/c1-17-9-11(15)8-14-13(16)7-10-3-5-12(18-2)6-4-10/h3-6,11,15H,7-9H2,1-2H3,(H,14,16). The highest BCUT2D eigenvalue weighted by molar-refractivity contribution is 5.78. The molecule has 0 fully saturated rings. The Balaban J connectivity index is 2.35. The van der Waals surface area contributed by atoms with E-state index in [1.165, 1.54) is 7.11 Å². The van der Waals surface area contributed by atoms with Gasteiger partial charge in [-0.15, -0.1) is 0 Å². The Morgan fingerprint density at radius 3 is 2.56 bits per heavy atom. The normalized spacial score (nSPS) is 11.9. The first kappa shape index (κ1) is 14.5. The highest BCUT2D eigenvalue weighted by Gasteiger charge is 2.07. The van der Waals surface area contributed by atoms with Gasteiger partial charge < -0.3 is 19.9 Å². The second kappa shape index (κ2) is 7.68. The van der Waals surface area contributed by atoms with Gasteiger partial charge in [0.25, 0.3) is 0 Å². The molecule has 5 heteroatoms. The summed E-state index contributed by atoms with van der Waals surface area (Å²) in [7, 11) is 3.10. The minimum Gasteiger partial charge on any atom is -0.497 e. The molecule has 1 aromatic rings. The van der Waals surface area contributed by atoms with Crippen molar-refractivity contribution in [3.63, 3.8) is 0 Å². The number of carbonyl (C=O) groups is 1. The summed E-state index contributed by atoms with van der Waals surface area (Å²) in [5.41, 5.74) is 0.898. The van der Waals surface area contributed by atoms with Crippen LogP contribution in [-0.2, 0) is 16.0 Å². The van der Waals surface area contributed by atoms with E-state index in [2.05, 4.69) is 5.32 Å². The van der Waals surface area contributed by atoms with Gasteiger partial charge in [-0.3, -0.25) is 4.79 Å². The Labute approximate surface area is 107 Å². The van der Waals surface area contributed by atoms with Crippen molar-refractivity contribution in [1.82, 2.24) is 5.32 Å². The second-order valence-corrected chi connectivity index (χ2v) is 3.94. The van der Waals surface area contributed by atoms with E-state index in [-0.39, 0.29) is 25.5 Å². The molecule has 0 bridgehead atoms. The molecule has 18 heavy (non-hydrogen) atoms. The Bertz CT molecular complexity index is 364. The molecule has 0 aliphatic heterocycles. The number of aliphatic hydroxyl groups is 1. The summed E-state index contributed by atoms with van der Waals surface area (Å²) >= 11 is 0. The molecular formula is C13H19NO4. The first-order valence-corrected chi connectivity index (χ1v) is 5.72. The van der Waals surface area contributed by atoms with E-state index < -0.39 is 6.10 Å². The topological polar surface area (TPSA) is 67.8 Å². The number of aliphatic hydroxyl groups excluding tert-OH is 1. The number of carbonyl (C=O) groups excluding carboxylic acids is 1. The van der Waals surface area contributed by atoms with E-state index in [4.69, 9.17) is 9.47 Å². The fourth-order valence-corrected chi connectivity index (χ4v) is 1.47. The molecule has 2 N–H and O–H groups in total. The van der Waals surface area contributed by atoms with E-state index in [9.17, 15) is 9.90 Å². The third-order valence-corrected chi connectivity index (χ3v) is 2.42. The quantitative estimate of drug-likeness (QED) is 0.736. The Kier molecular flexibility index (Phi) is 6.18. The fourth-order valence-electron chi connectivity index (χ4n) is 1.47. The van der Waals surface area contributed by atoms with Crippen molar-refractivity contribution in [2.24, 2.45) is 0 Å². The van der Waals surface area contributed by atoms with Crippen LogP contribution in [0.2, 0.25) is 0 Å². The first-order valence-electron chi connectivity index (χ1n) is 5.72. The van der Waals surface area contributed by atoms with Gasteiger partial charge in [0.2, 0.25) is 5.91 Å². The van der Waals surface area contributed by atoms with Crippen LogP contribution in [0.3, 0.4) is 0 Å². The van der Waals surface area contributed by atoms with Crippen LogP contribution in [0.1, 0.15) is 5.56 Å². The molecule has 5 nitrogen and oxygen atoms in total. The molecule has 0 aliphatic rings. The maximum atomic E-state index is 11.6. The number of hydrogen-bond donors (Lipinski definition) is 2. The van der Waals surface area contributed by atoms with Crippen molar-refractivity contribution in [3.05, 3.63) is 29.8 Å². The molecule has 0 radical (unpaired) electrons. The molecule has 1 rings (SSSR count). The van der Waals surface area contributed by atoms with E-state index in [0.717, 1.165) is 11.3 Å². The molecule has 1 atom stereocenters. The summed E-state index contributed by atoms with van der Waals surface area (Å²) in [4.78, 5) is 11.6. The van der Waals surface area contributed by atoms with Crippen LogP contribution >= 0.6 is 0 Å². The van der Waals surface area contributed by atoms with Gasteiger partial charge in [-0.25, -0.2) is 0 Å². The Hall–Kier alpha value is -1.59. The molecule has 0 heterocycles. The summed E-state index contributed by atoms with van der Waals surface area (Å²) < 4.78 is 9.80. The minimum absolute atomic E-state index is 0.129. The van der Waals surface area contributed by atoms with Crippen LogP contribution < -0.4 is 10.1 Å². The molecular weight excluding hydrogens is 234 g/mol. The highest BCUT2D eigenvalue weighted by Crippen LogP contribution is 2.11. The van der Waals surface area contributed by atoms with Gasteiger partial charge in [0.15, 0.2) is 0 Å². The maximum Gasteiger partial charge on any atom is 0.224 e. The zero-order chi connectivity index (χ0) is 13.4. The average Bonchev–Trinajstić information content (AvgIpc) is 2.38. The van der Waals surface area contributed by atoms with E-state index in [0.29, 0.717) is 0 Å². The third kappa shape index (κ3) is 5.16. The van der Waals surface area contributed by atoms with Gasteiger partial charge in [0, 0.05) is 13.7 Å². The van der Waals surface area contributed by atoms with Crippen LogP contribution in [0.5, 0.6) is 5.75 Å². The van der Waals surface area contributed by atoms with Crippen molar-refractivity contribution in [2.45, 2.75) is 12.5 Å². The smallest absolute Gasteiger partial charge is 0.224 e. The zero-order valence-corrected chi connectivity index (χ0v) is 10.7. The lowest BCUT2D eigenvalue weighted by Gasteiger charge is -2.10. The third-order valence-electron chi connectivity index (χ3n) is 2.42. The van der Waals surface area contributed by atoms with Crippen molar-refractivity contribution >= 4 is 5.91 Å². The van der Waals surface area contributed by atoms with E-state index in [1.807, 2.05) is 24.3 Å². The second-order valence-electron chi connectivity index (χ2n) is 3.94. The summed E-state index contributed by atoms with van der Waals surface area (Å²) in [5.74, 6) is 0.630. The van der Waals surface area contributed by atoms with Gasteiger partial charge in [-0.2, -0.15) is 0 Å². The van der Waals surface area contributed by atoms with E-state index >= 15 is 0 Å². The summed E-state index contributed by atoms with van der Waals surface area (Å²) in [6.45, 7) is 0.408. The summed E-state index contributed by atoms with van der Waals surface area (Å²) in [6, 6.07) is 7.29. The van der Waals surface area contributed by atoms with Gasteiger partial charge in [0.1, 0.15) is 5.75 Å². The minimum atomic E-state index is -0.671. The van der Waals surface area contributed by atoms with Crippen molar-refractivity contribution < 1.29 is 19.4 Å². The molecule has 0 spiro atoms. The van der Waals surface area contributed by atoms with Crippen LogP contribution in [0.15, 0.2) is 24.3 Å². The lowest BCUT2D eigenvalue weighted by atomic mass is 10.1. The van der Waals surface area contributed by atoms with Gasteiger partial charge in [-0.05, 0) is 17.7 Å². The average molecular weight is 253 g/mol. The number of hydrogen-bond acceptors (Lipinski definition) is 4. The van der Waals surface area contributed by atoms with Crippen LogP contribution in [0.4, 0.5) is 0 Å². The van der Waals surface area contributed by atoms with E-state index in [1.54, 1.807) is 7.11 Å². The maximum absolute atomic E-state index is 11.6. The number of rotatable bonds is 7. The zero-order valence-electron chi connectivity index (χ0n) is 10.7.